The van der Waals surface area contributed by atoms with E-state index in [2.05, 4.69) is 4.72 Å². The highest BCUT2D eigenvalue weighted by Crippen LogP contribution is 2.31. The first-order valence-electron chi connectivity index (χ1n) is 7.00. The Labute approximate surface area is 137 Å². The first-order chi connectivity index (χ1) is 10.0. The van der Waals surface area contributed by atoms with Crippen LogP contribution in [0.2, 0.25) is 0 Å². The third-order valence-electron chi connectivity index (χ3n) is 3.43. The zero-order valence-electron chi connectivity index (χ0n) is 12.5. The van der Waals surface area contributed by atoms with Gasteiger partial charge in [0.25, 0.3) is 0 Å². The number of rotatable bonds is 9. The van der Waals surface area contributed by atoms with Gasteiger partial charge < -0.3 is 15.2 Å². The van der Waals surface area contributed by atoms with Crippen LogP contribution in [0.25, 0.3) is 0 Å². The molecule has 0 radical (unpaired) electrons. The van der Waals surface area contributed by atoms with Gasteiger partial charge in [0.1, 0.15) is 12.4 Å². The van der Waals surface area contributed by atoms with E-state index >= 15 is 0 Å². The zero-order chi connectivity index (χ0) is 15.3. The molecule has 1 aromatic rings. The lowest BCUT2D eigenvalue weighted by Gasteiger charge is -2.12. The summed E-state index contributed by atoms with van der Waals surface area (Å²) in [7, 11) is -1.92. The molecule has 8 heteroatoms. The van der Waals surface area contributed by atoms with E-state index in [0.717, 1.165) is 12.8 Å². The molecule has 0 aliphatic heterocycles. The van der Waals surface area contributed by atoms with E-state index in [1.54, 1.807) is 19.2 Å². The van der Waals surface area contributed by atoms with E-state index in [-0.39, 0.29) is 29.9 Å². The molecule has 1 saturated carbocycles. The molecule has 6 nitrogen and oxygen atoms in total. The Morgan fingerprint density at radius 1 is 1.27 bits per heavy atom. The lowest BCUT2D eigenvalue weighted by atomic mass is 10.2. The van der Waals surface area contributed by atoms with Gasteiger partial charge in [-0.1, -0.05) is 0 Å². The Balaban J connectivity index is 0.00000242. The summed E-state index contributed by atoms with van der Waals surface area (Å²) in [6, 6.07) is 6.20. The van der Waals surface area contributed by atoms with Gasteiger partial charge in [-0.3, -0.25) is 0 Å². The van der Waals surface area contributed by atoms with Crippen molar-refractivity contribution in [2.45, 2.75) is 23.8 Å². The van der Waals surface area contributed by atoms with E-state index < -0.39 is 10.0 Å². The van der Waals surface area contributed by atoms with E-state index in [4.69, 9.17) is 15.2 Å². The topological polar surface area (TPSA) is 90.6 Å². The lowest BCUT2D eigenvalue weighted by molar-refractivity contribution is 0.146. The summed E-state index contributed by atoms with van der Waals surface area (Å²) in [5.41, 5.74) is 5.90. The molecule has 1 unspecified atom stereocenters. The molecule has 1 aliphatic carbocycles. The number of ether oxygens (including phenoxy) is 2. The Morgan fingerprint density at radius 3 is 2.45 bits per heavy atom. The molecule has 0 amide bonds. The number of sulfonamides is 1. The fourth-order valence-electron chi connectivity index (χ4n) is 1.94. The van der Waals surface area contributed by atoms with Crippen LogP contribution in [0.1, 0.15) is 12.8 Å². The molecule has 0 saturated heterocycles. The normalized spacial score (nSPS) is 15.9. The van der Waals surface area contributed by atoms with Crippen molar-refractivity contribution in [3.63, 3.8) is 0 Å². The average Bonchev–Trinajstić information content (AvgIpc) is 3.30. The van der Waals surface area contributed by atoms with Gasteiger partial charge in [-0.15, -0.1) is 12.4 Å². The molecule has 0 heterocycles. The third-order valence-corrected chi connectivity index (χ3v) is 4.87. The smallest absolute Gasteiger partial charge is 0.240 e. The van der Waals surface area contributed by atoms with Gasteiger partial charge in [-0.2, -0.15) is 0 Å². The van der Waals surface area contributed by atoms with Gasteiger partial charge in [0.05, 0.1) is 11.5 Å². The molecule has 3 N–H and O–H groups in total. The summed E-state index contributed by atoms with van der Waals surface area (Å²) in [4.78, 5) is 0.213. The van der Waals surface area contributed by atoms with Crippen LogP contribution in [0.4, 0.5) is 0 Å². The first kappa shape index (κ1) is 19.2. The summed E-state index contributed by atoms with van der Waals surface area (Å²) in [6.07, 6.45) is 2.19. The Morgan fingerprint density at radius 2 is 1.91 bits per heavy atom. The molecule has 1 atom stereocenters. The van der Waals surface area contributed by atoms with Crippen molar-refractivity contribution < 1.29 is 17.9 Å². The van der Waals surface area contributed by atoms with Crippen LogP contribution in [0.5, 0.6) is 5.75 Å². The largest absolute Gasteiger partial charge is 0.491 e. The number of nitrogens with one attached hydrogen (secondary N) is 1. The second-order valence-electron chi connectivity index (χ2n) is 5.17. The summed E-state index contributed by atoms with van der Waals surface area (Å²) < 4.78 is 37.1. The minimum atomic E-state index is -3.51. The molecule has 1 aliphatic rings. The summed E-state index contributed by atoms with van der Waals surface area (Å²) in [6.45, 7) is 1.19. The maximum absolute atomic E-state index is 12.1. The van der Waals surface area contributed by atoms with Gasteiger partial charge in [0, 0.05) is 19.7 Å². The standard InChI is InChI=1S/C14H22N2O4S.ClH/c1-19-8-9-20-12-4-6-13(7-5-12)21(17,18)16-10-14(15)11-2-3-11;/h4-7,11,14,16H,2-3,8-10,15H2,1H3;1H. The van der Waals surface area contributed by atoms with Crippen LogP contribution in [0, 0.1) is 5.92 Å². The minimum absolute atomic E-state index is 0. The Kier molecular flexibility index (Phi) is 7.58. The SMILES string of the molecule is COCCOc1ccc(S(=O)(=O)NCC(N)C2CC2)cc1.Cl. The van der Waals surface area contributed by atoms with Crippen molar-refractivity contribution in [1.29, 1.82) is 0 Å². The number of hydrogen-bond acceptors (Lipinski definition) is 5. The van der Waals surface area contributed by atoms with Crippen molar-refractivity contribution in [2.24, 2.45) is 11.7 Å². The van der Waals surface area contributed by atoms with Crippen molar-refractivity contribution in [2.75, 3.05) is 26.9 Å². The highest BCUT2D eigenvalue weighted by molar-refractivity contribution is 7.89. The number of benzene rings is 1. The predicted octanol–water partition coefficient (Wildman–Crippen LogP) is 1.15. The van der Waals surface area contributed by atoms with Gasteiger partial charge in [0.2, 0.25) is 10.0 Å². The molecule has 22 heavy (non-hydrogen) atoms. The maximum Gasteiger partial charge on any atom is 0.240 e. The van der Waals surface area contributed by atoms with E-state index in [1.165, 1.54) is 12.1 Å². The number of nitrogens with two attached hydrogens (primary N) is 1. The summed E-state index contributed by atoms with van der Waals surface area (Å²) in [5.74, 6) is 1.07. The van der Waals surface area contributed by atoms with Crippen molar-refractivity contribution in [3.8, 4) is 5.75 Å². The van der Waals surface area contributed by atoms with Crippen LogP contribution in [-0.2, 0) is 14.8 Å². The third kappa shape index (κ3) is 5.73. The van der Waals surface area contributed by atoms with Crippen LogP contribution in [0.3, 0.4) is 0 Å². The number of methoxy groups -OCH3 is 1. The molecule has 0 aromatic heterocycles. The van der Waals surface area contributed by atoms with Crippen LogP contribution >= 0.6 is 12.4 Å². The van der Waals surface area contributed by atoms with E-state index in [9.17, 15) is 8.42 Å². The van der Waals surface area contributed by atoms with Crippen LogP contribution < -0.4 is 15.2 Å². The fraction of sp³-hybridized carbons (Fsp3) is 0.571. The van der Waals surface area contributed by atoms with Crippen molar-refractivity contribution in [1.82, 2.24) is 4.72 Å². The zero-order valence-corrected chi connectivity index (χ0v) is 14.2. The average molecular weight is 351 g/mol. The quantitative estimate of drug-likeness (QED) is 0.652. The number of halogens is 1. The van der Waals surface area contributed by atoms with Gasteiger partial charge >= 0.3 is 0 Å². The first-order valence-corrected chi connectivity index (χ1v) is 8.48. The minimum Gasteiger partial charge on any atom is -0.491 e. The van der Waals surface area contributed by atoms with Gasteiger partial charge in [0.15, 0.2) is 0 Å². The molecular formula is C14H23ClN2O4S. The van der Waals surface area contributed by atoms with E-state index in [0.29, 0.717) is 24.9 Å². The lowest BCUT2D eigenvalue weighted by Crippen LogP contribution is -2.38. The van der Waals surface area contributed by atoms with E-state index in [1.807, 2.05) is 0 Å². The predicted molar refractivity (Wildman–Crippen MR) is 86.9 cm³/mol. The van der Waals surface area contributed by atoms with Gasteiger partial charge in [-0.25, -0.2) is 13.1 Å². The molecule has 2 rings (SSSR count). The molecule has 1 fully saturated rings. The second-order valence-corrected chi connectivity index (χ2v) is 6.93. The molecule has 0 bridgehead atoms. The Bertz CT molecular complexity index is 546. The Hall–Kier alpha value is -0.860. The van der Waals surface area contributed by atoms with Crippen molar-refractivity contribution >= 4 is 22.4 Å². The monoisotopic (exact) mass is 350 g/mol. The highest BCUT2D eigenvalue weighted by atomic mass is 35.5. The van der Waals surface area contributed by atoms with Crippen LogP contribution in [-0.4, -0.2) is 41.3 Å². The molecule has 1 aromatic carbocycles. The molecule has 0 spiro atoms. The van der Waals surface area contributed by atoms with Crippen molar-refractivity contribution in [3.05, 3.63) is 24.3 Å². The second kappa shape index (κ2) is 8.69. The number of hydrogen-bond donors (Lipinski definition) is 2. The van der Waals surface area contributed by atoms with Gasteiger partial charge in [-0.05, 0) is 43.0 Å². The summed E-state index contributed by atoms with van der Waals surface area (Å²) >= 11 is 0. The maximum atomic E-state index is 12.1. The summed E-state index contributed by atoms with van der Waals surface area (Å²) in [5, 5.41) is 0. The van der Waals surface area contributed by atoms with Crippen LogP contribution in [0.15, 0.2) is 29.2 Å². The fourth-order valence-corrected chi connectivity index (χ4v) is 3.01. The molecular weight excluding hydrogens is 328 g/mol. The highest BCUT2D eigenvalue weighted by Gasteiger charge is 2.29. The molecule has 126 valence electrons.